The van der Waals surface area contributed by atoms with E-state index in [2.05, 4.69) is 29.7 Å². The maximum atomic E-state index is 11.9. The molecular formula is C19H24N2O3. The van der Waals surface area contributed by atoms with Crippen molar-refractivity contribution in [1.82, 2.24) is 10.6 Å². The molecule has 0 saturated carbocycles. The zero-order valence-electron chi connectivity index (χ0n) is 14.4. The SMILES string of the molecule is COc1ccc(CNC(=O)CNCc2cccc(C)c2)cc1OC. The molecule has 2 rings (SSSR count). The van der Waals surface area contributed by atoms with Crippen LogP contribution >= 0.6 is 0 Å². The molecule has 0 aliphatic heterocycles. The first-order chi connectivity index (χ1) is 11.6. The highest BCUT2D eigenvalue weighted by molar-refractivity contribution is 5.78. The van der Waals surface area contributed by atoms with Crippen LogP contribution in [0.3, 0.4) is 0 Å². The number of hydrogen-bond acceptors (Lipinski definition) is 4. The van der Waals surface area contributed by atoms with Crippen molar-refractivity contribution in [2.45, 2.75) is 20.0 Å². The molecule has 0 radical (unpaired) electrons. The number of amides is 1. The molecule has 24 heavy (non-hydrogen) atoms. The van der Waals surface area contributed by atoms with Gasteiger partial charge in [-0.2, -0.15) is 0 Å². The average Bonchev–Trinajstić information content (AvgIpc) is 2.59. The summed E-state index contributed by atoms with van der Waals surface area (Å²) in [6.07, 6.45) is 0. The lowest BCUT2D eigenvalue weighted by molar-refractivity contribution is -0.120. The second kappa shape index (κ2) is 8.93. The van der Waals surface area contributed by atoms with Gasteiger partial charge in [0.25, 0.3) is 0 Å². The van der Waals surface area contributed by atoms with Gasteiger partial charge in [0.15, 0.2) is 11.5 Å². The summed E-state index contributed by atoms with van der Waals surface area (Å²) in [7, 11) is 3.19. The molecule has 128 valence electrons. The molecule has 2 N–H and O–H groups in total. The minimum Gasteiger partial charge on any atom is -0.493 e. The Balaban J connectivity index is 1.77. The molecule has 5 heteroatoms. The summed E-state index contributed by atoms with van der Waals surface area (Å²) >= 11 is 0. The van der Waals surface area contributed by atoms with E-state index < -0.39 is 0 Å². The molecule has 0 spiro atoms. The van der Waals surface area contributed by atoms with Gasteiger partial charge in [0, 0.05) is 13.1 Å². The molecule has 0 aliphatic carbocycles. The quantitative estimate of drug-likeness (QED) is 0.781. The summed E-state index contributed by atoms with van der Waals surface area (Å²) in [4.78, 5) is 11.9. The lowest BCUT2D eigenvalue weighted by atomic mass is 10.1. The first kappa shape index (κ1) is 17.8. The topological polar surface area (TPSA) is 59.6 Å². The number of aryl methyl sites for hydroxylation is 1. The number of hydrogen-bond donors (Lipinski definition) is 2. The minimum atomic E-state index is -0.0440. The predicted molar refractivity (Wildman–Crippen MR) is 94.3 cm³/mol. The van der Waals surface area contributed by atoms with E-state index in [1.807, 2.05) is 30.3 Å². The summed E-state index contributed by atoms with van der Waals surface area (Å²) in [6.45, 7) is 3.46. The van der Waals surface area contributed by atoms with Crippen LogP contribution in [0.2, 0.25) is 0 Å². The van der Waals surface area contributed by atoms with Crippen molar-refractivity contribution in [3.05, 3.63) is 59.2 Å². The fourth-order valence-electron chi connectivity index (χ4n) is 2.40. The number of carbonyl (C=O) groups excluding carboxylic acids is 1. The Hall–Kier alpha value is -2.53. The van der Waals surface area contributed by atoms with Crippen molar-refractivity contribution in [3.63, 3.8) is 0 Å². The number of benzene rings is 2. The molecule has 5 nitrogen and oxygen atoms in total. The number of nitrogens with one attached hydrogen (secondary N) is 2. The van der Waals surface area contributed by atoms with Gasteiger partial charge in [0.2, 0.25) is 5.91 Å². The lowest BCUT2D eigenvalue weighted by Crippen LogP contribution is -2.33. The van der Waals surface area contributed by atoms with E-state index in [1.165, 1.54) is 11.1 Å². The van der Waals surface area contributed by atoms with Crippen LogP contribution in [0.5, 0.6) is 11.5 Å². The molecule has 0 unspecified atom stereocenters. The van der Waals surface area contributed by atoms with Crippen LogP contribution in [0.4, 0.5) is 0 Å². The monoisotopic (exact) mass is 328 g/mol. The third-order valence-corrected chi connectivity index (χ3v) is 3.63. The van der Waals surface area contributed by atoms with Crippen molar-refractivity contribution in [2.24, 2.45) is 0 Å². The highest BCUT2D eigenvalue weighted by Crippen LogP contribution is 2.27. The lowest BCUT2D eigenvalue weighted by Gasteiger charge is -2.11. The maximum absolute atomic E-state index is 11.9. The standard InChI is InChI=1S/C19H24N2O3/c1-14-5-4-6-15(9-14)11-20-13-19(22)21-12-16-7-8-17(23-2)18(10-16)24-3/h4-10,20H,11-13H2,1-3H3,(H,21,22). The molecule has 0 atom stereocenters. The summed E-state index contributed by atoms with van der Waals surface area (Å²) in [5.41, 5.74) is 3.34. The molecule has 0 aromatic heterocycles. The van der Waals surface area contributed by atoms with Gasteiger partial charge in [-0.05, 0) is 30.2 Å². The average molecular weight is 328 g/mol. The van der Waals surface area contributed by atoms with E-state index in [9.17, 15) is 4.79 Å². The van der Waals surface area contributed by atoms with Crippen LogP contribution in [0.1, 0.15) is 16.7 Å². The van der Waals surface area contributed by atoms with Crippen molar-refractivity contribution in [2.75, 3.05) is 20.8 Å². The molecule has 0 aliphatic rings. The van der Waals surface area contributed by atoms with Crippen molar-refractivity contribution in [3.8, 4) is 11.5 Å². The van der Waals surface area contributed by atoms with Crippen molar-refractivity contribution in [1.29, 1.82) is 0 Å². The smallest absolute Gasteiger partial charge is 0.234 e. The number of ether oxygens (including phenoxy) is 2. The number of methoxy groups -OCH3 is 2. The molecule has 0 heterocycles. The zero-order chi connectivity index (χ0) is 17.4. The second-order valence-corrected chi connectivity index (χ2v) is 5.56. The molecular weight excluding hydrogens is 304 g/mol. The van der Waals surface area contributed by atoms with Gasteiger partial charge in [-0.3, -0.25) is 4.79 Å². The molecule has 0 saturated heterocycles. The molecule has 2 aromatic rings. The summed E-state index contributed by atoms with van der Waals surface area (Å²) in [6, 6.07) is 13.8. The Morgan fingerprint density at radius 1 is 0.958 bits per heavy atom. The van der Waals surface area contributed by atoms with Gasteiger partial charge in [-0.1, -0.05) is 35.9 Å². The Kier molecular flexibility index (Phi) is 6.63. The Bertz CT molecular complexity index is 686. The van der Waals surface area contributed by atoms with Crippen LogP contribution in [0.15, 0.2) is 42.5 Å². The summed E-state index contributed by atoms with van der Waals surface area (Å²) < 4.78 is 10.5. The summed E-state index contributed by atoms with van der Waals surface area (Å²) in [5, 5.41) is 6.04. The first-order valence-electron chi connectivity index (χ1n) is 7.86. The summed E-state index contributed by atoms with van der Waals surface area (Å²) in [5.74, 6) is 1.28. The van der Waals surface area contributed by atoms with Crippen LogP contribution in [-0.2, 0) is 17.9 Å². The van der Waals surface area contributed by atoms with Gasteiger partial charge < -0.3 is 20.1 Å². The number of rotatable bonds is 8. The largest absolute Gasteiger partial charge is 0.493 e. The third kappa shape index (κ3) is 5.28. The fourth-order valence-corrected chi connectivity index (χ4v) is 2.40. The van der Waals surface area contributed by atoms with Gasteiger partial charge >= 0.3 is 0 Å². The van der Waals surface area contributed by atoms with Gasteiger partial charge in [0.05, 0.1) is 20.8 Å². The van der Waals surface area contributed by atoms with Crippen LogP contribution in [0.25, 0.3) is 0 Å². The van der Waals surface area contributed by atoms with E-state index >= 15 is 0 Å². The van der Waals surface area contributed by atoms with Crippen LogP contribution < -0.4 is 20.1 Å². The highest BCUT2D eigenvalue weighted by Gasteiger charge is 2.06. The molecule has 2 aromatic carbocycles. The predicted octanol–water partition coefficient (Wildman–Crippen LogP) is 2.42. The zero-order valence-corrected chi connectivity index (χ0v) is 14.4. The Morgan fingerprint density at radius 3 is 2.42 bits per heavy atom. The van der Waals surface area contributed by atoms with E-state index in [0.29, 0.717) is 24.6 Å². The van der Waals surface area contributed by atoms with Gasteiger partial charge in [-0.15, -0.1) is 0 Å². The van der Waals surface area contributed by atoms with Crippen molar-refractivity contribution < 1.29 is 14.3 Å². The minimum absolute atomic E-state index is 0.0440. The van der Waals surface area contributed by atoms with E-state index in [0.717, 1.165) is 5.56 Å². The molecule has 0 fully saturated rings. The Labute approximate surface area is 143 Å². The molecule has 1 amide bonds. The first-order valence-corrected chi connectivity index (χ1v) is 7.86. The normalized spacial score (nSPS) is 10.3. The third-order valence-electron chi connectivity index (χ3n) is 3.63. The van der Waals surface area contributed by atoms with Gasteiger partial charge in [0.1, 0.15) is 0 Å². The Morgan fingerprint density at radius 2 is 1.71 bits per heavy atom. The van der Waals surface area contributed by atoms with Crippen LogP contribution in [-0.4, -0.2) is 26.7 Å². The van der Waals surface area contributed by atoms with Gasteiger partial charge in [-0.25, -0.2) is 0 Å². The van der Waals surface area contributed by atoms with E-state index in [-0.39, 0.29) is 12.5 Å². The van der Waals surface area contributed by atoms with Crippen molar-refractivity contribution >= 4 is 5.91 Å². The second-order valence-electron chi connectivity index (χ2n) is 5.56. The van der Waals surface area contributed by atoms with Crippen LogP contribution in [0, 0.1) is 6.92 Å². The van der Waals surface area contributed by atoms with E-state index in [4.69, 9.17) is 9.47 Å². The van der Waals surface area contributed by atoms with E-state index in [1.54, 1.807) is 14.2 Å². The number of carbonyl (C=O) groups is 1. The highest BCUT2D eigenvalue weighted by atomic mass is 16.5. The molecule has 0 bridgehead atoms. The fraction of sp³-hybridized carbons (Fsp3) is 0.316. The maximum Gasteiger partial charge on any atom is 0.234 e.